The van der Waals surface area contributed by atoms with Crippen LogP contribution in [0.1, 0.15) is 31.0 Å². The molecule has 0 heterocycles. The molecule has 1 aromatic rings. The Morgan fingerprint density at radius 2 is 2.07 bits per heavy atom. The van der Waals surface area contributed by atoms with Gasteiger partial charge in [0.25, 0.3) is 0 Å². The minimum Gasteiger partial charge on any atom is -0.396 e. The summed E-state index contributed by atoms with van der Waals surface area (Å²) in [6, 6.07) is 9.01. The zero-order valence-electron chi connectivity index (χ0n) is 9.07. The van der Waals surface area contributed by atoms with Gasteiger partial charge in [0.05, 0.1) is 11.6 Å². The van der Waals surface area contributed by atoms with Crippen molar-refractivity contribution in [3.8, 4) is 6.07 Å². The second kappa shape index (κ2) is 4.43. The summed E-state index contributed by atoms with van der Waals surface area (Å²) < 4.78 is 0. The van der Waals surface area contributed by atoms with Crippen molar-refractivity contribution < 1.29 is 5.11 Å². The minimum atomic E-state index is -0.424. The maximum atomic E-state index is 9.23. The molecule has 0 unspecified atom stereocenters. The van der Waals surface area contributed by atoms with Crippen LogP contribution in [0.5, 0.6) is 0 Å². The smallest absolute Gasteiger partial charge is 0.0995 e. The molecule has 1 rings (SSSR count). The molecule has 80 valence electrons. The lowest BCUT2D eigenvalue weighted by Gasteiger charge is -2.30. The van der Waals surface area contributed by atoms with Gasteiger partial charge in [0.1, 0.15) is 0 Å². The van der Waals surface area contributed by atoms with Gasteiger partial charge in [0.2, 0.25) is 0 Å². The van der Waals surface area contributed by atoms with Crippen LogP contribution in [0.15, 0.2) is 24.3 Å². The van der Waals surface area contributed by atoms with E-state index >= 15 is 0 Å². The van der Waals surface area contributed by atoms with Crippen molar-refractivity contribution in [1.82, 2.24) is 0 Å². The van der Waals surface area contributed by atoms with Crippen LogP contribution in [0.25, 0.3) is 0 Å². The lowest BCUT2D eigenvalue weighted by atomic mass is 9.80. The average molecular weight is 204 g/mol. The molecule has 0 spiro atoms. The second-order valence-corrected chi connectivity index (χ2v) is 4.32. The number of aliphatic hydroxyl groups is 1. The molecule has 0 saturated heterocycles. The second-order valence-electron chi connectivity index (χ2n) is 4.32. The maximum absolute atomic E-state index is 9.23. The van der Waals surface area contributed by atoms with Crippen molar-refractivity contribution in [1.29, 1.82) is 5.26 Å². The molecule has 0 bridgehead atoms. The molecule has 0 aliphatic heterocycles. The van der Waals surface area contributed by atoms with Gasteiger partial charge in [-0.25, -0.2) is 0 Å². The van der Waals surface area contributed by atoms with Crippen molar-refractivity contribution in [2.24, 2.45) is 11.1 Å². The summed E-state index contributed by atoms with van der Waals surface area (Å²) in [6.07, 6.45) is 0. The summed E-state index contributed by atoms with van der Waals surface area (Å²) >= 11 is 0. The minimum absolute atomic E-state index is 0.00602. The van der Waals surface area contributed by atoms with E-state index in [4.69, 9.17) is 11.0 Å². The number of hydrogen-bond donors (Lipinski definition) is 2. The first-order chi connectivity index (χ1) is 7.03. The zero-order chi connectivity index (χ0) is 11.5. The average Bonchev–Trinajstić information content (AvgIpc) is 2.28. The van der Waals surface area contributed by atoms with Crippen LogP contribution in [0, 0.1) is 16.7 Å². The van der Waals surface area contributed by atoms with E-state index in [1.165, 1.54) is 0 Å². The monoisotopic (exact) mass is 204 g/mol. The van der Waals surface area contributed by atoms with Crippen LogP contribution < -0.4 is 5.73 Å². The standard InChI is InChI=1S/C12H16N2O/c1-12(2,8-15)11(14)10-6-4-3-5-9(10)7-13/h3-6,11,15H,8,14H2,1-2H3/t11-/m1/s1. The van der Waals surface area contributed by atoms with Crippen LogP contribution in [0.4, 0.5) is 0 Å². The van der Waals surface area contributed by atoms with Crippen molar-refractivity contribution in [2.75, 3.05) is 6.61 Å². The van der Waals surface area contributed by atoms with Crippen LogP contribution >= 0.6 is 0 Å². The quantitative estimate of drug-likeness (QED) is 0.785. The summed E-state index contributed by atoms with van der Waals surface area (Å²) in [5.41, 5.74) is 6.99. The first-order valence-electron chi connectivity index (χ1n) is 4.88. The fraction of sp³-hybridized carbons (Fsp3) is 0.417. The zero-order valence-corrected chi connectivity index (χ0v) is 9.07. The molecule has 0 radical (unpaired) electrons. The highest BCUT2D eigenvalue weighted by Crippen LogP contribution is 2.32. The first-order valence-corrected chi connectivity index (χ1v) is 4.88. The molecule has 3 heteroatoms. The van der Waals surface area contributed by atoms with Gasteiger partial charge < -0.3 is 10.8 Å². The van der Waals surface area contributed by atoms with Gasteiger partial charge in [0.15, 0.2) is 0 Å². The van der Waals surface area contributed by atoms with Gasteiger partial charge in [-0.05, 0) is 11.6 Å². The topological polar surface area (TPSA) is 70.0 Å². The summed E-state index contributed by atoms with van der Waals surface area (Å²) in [5, 5.41) is 18.2. The molecule has 0 aliphatic rings. The van der Waals surface area contributed by atoms with E-state index in [1.807, 2.05) is 26.0 Å². The number of benzene rings is 1. The fourth-order valence-corrected chi connectivity index (χ4v) is 1.39. The van der Waals surface area contributed by atoms with Crippen LogP contribution in [-0.2, 0) is 0 Å². The van der Waals surface area contributed by atoms with E-state index in [0.717, 1.165) is 5.56 Å². The Kier molecular flexibility index (Phi) is 3.46. The molecular weight excluding hydrogens is 188 g/mol. The Labute approximate surface area is 90.1 Å². The lowest BCUT2D eigenvalue weighted by molar-refractivity contribution is 0.132. The molecule has 1 aromatic carbocycles. The normalized spacial score (nSPS) is 13.3. The lowest BCUT2D eigenvalue weighted by Crippen LogP contribution is -2.32. The van der Waals surface area contributed by atoms with Gasteiger partial charge in [-0.2, -0.15) is 5.26 Å². The third-order valence-corrected chi connectivity index (χ3v) is 2.67. The maximum Gasteiger partial charge on any atom is 0.0995 e. The van der Waals surface area contributed by atoms with Crippen molar-refractivity contribution >= 4 is 0 Å². The molecule has 0 fully saturated rings. The van der Waals surface area contributed by atoms with Crippen LogP contribution in [0.2, 0.25) is 0 Å². The highest BCUT2D eigenvalue weighted by Gasteiger charge is 2.28. The number of nitriles is 1. The van der Waals surface area contributed by atoms with E-state index in [9.17, 15) is 5.11 Å². The third kappa shape index (κ3) is 2.35. The summed E-state index contributed by atoms with van der Waals surface area (Å²) in [6.45, 7) is 3.76. The van der Waals surface area contributed by atoms with Crippen molar-refractivity contribution in [3.63, 3.8) is 0 Å². The Morgan fingerprint density at radius 1 is 1.47 bits per heavy atom. The highest BCUT2D eigenvalue weighted by atomic mass is 16.3. The van der Waals surface area contributed by atoms with E-state index in [2.05, 4.69) is 6.07 Å². The fourth-order valence-electron chi connectivity index (χ4n) is 1.39. The number of nitrogens with zero attached hydrogens (tertiary/aromatic N) is 1. The number of rotatable bonds is 3. The third-order valence-electron chi connectivity index (χ3n) is 2.67. The molecular formula is C12H16N2O. The van der Waals surface area contributed by atoms with E-state index < -0.39 is 5.41 Å². The Bertz CT molecular complexity index is 379. The number of nitrogens with two attached hydrogens (primary N) is 1. The summed E-state index contributed by atoms with van der Waals surface area (Å²) in [7, 11) is 0. The molecule has 3 nitrogen and oxygen atoms in total. The molecule has 15 heavy (non-hydrogen) atoms. The first kappa shape index (κ1) is 11.7. The van der Waals surface area contributed by atoms with E-state index in [1.54, 1.807) is 12.1 Å². The number of hydrogen-bond acceptors (Lipinski definition) is 3. The largest absolute Gasteiger partial charge is 0.396 e. The number of aliphatic hydroxyl groups excluding tert-OH is 1. The summed E-state index contributed by atoms with van der Waals surface area (Å²) in [5.74, 6) is 0. The Morgan fingerprint density at radius 3 is 2.60 bits per heavy atom. The van der Waals surface area contributed by atoms with E-state index in [0.29, 0.717) is 5.56 Å². The molecule has 0 aromatic heterocycles. The molecule has 3 N–H and O–H groups in total. The molecule has 1 atom stereocenters. The Balaban J connectivity index is 3.12. The SMILES string of the molecule is CC(C)(CO)[C@H](N)c1ccccc1C#N. The van der Waals surface area contributed by atoms with Gasteiger partial charge in [-0.15, -0.1) is 0 Å². The molecule has 0 aliphatic carbocycles. The Hall–Kier alpha value is -1.37. The van der Waals surface area contributed by atoms with Crippen LogP contribution in [-0.4, -0.2) is 11.7 Å². The molecule has 0 saturated carbocycles. The van der Waals surface area contributed by atoms with Gasteiger partial charge in [-0.1, -0.05) is 32.0 Å². The van der Waals surface area contributed by atoms with Crippen molar-refractivity contribution in [2.45, 2.75) is 19.9 Å². The van der Waals surface area contributed by atoms with Crippen LogP contribution in [0.3, 0.4) is 0 Å². The summed E-state index contributed by atoms with van der Waals surface area (Å²) in [4.78, 5) is 0. The van der Waals surface area contributed by atoms with Gasteiger partial charge >= 0.3 is 0 Å². The van der Waals surface area contributed by atoms with Crippen molar-refractivity contribution in [3.05, 3.63) is 35.4 Å². The van der Waals surface area contributed by atoms with E-state index in [-0.39, 0.29) is 12.6 Å². The predicted molar refractivity (Wildman–Crippen MR) is 59.0 cm³/mol. The predicted octanol–water partition coefficient (Wildman–Crippen LogP) is 1.58. The highest BCUT2D eigenvalue weighted by molar-refractivity contribution is 5.39. The molecule has 0 amide bonds. The van der Waals surface area contributed by atoms with Gasteiger partial charge in [0, 0.05) is 18.1 Å². The van der Waals surface area contributed by atoms with Gasteiger partial charge in [-0.3, -0.25) is 0 Å².